The van der Waals surface area contributed by atoms with E-state index in [-0.39, 0.29) is 5.91 Å². The Bertz CT molecular complexity index is 878. The average Bonchev–Trinajstić information content (AvgIpc) is 3.09. The van der Waals surface area contributed by atoms with Crippen molar-refractivity contribution in [1.82, 2.24) is 4.98 Å². The van der Waals surface area contributed by atoms with Gasteiger partial charge in [-0.3, -0.25) is 10.1 Å². The number of carbonyl (C=O) groups excluding carboxylic acids is 1. The van der Waals surface area contributed by atoms with E-state index in [1.165, 1.54) is 29.0 Å². The molecule has 0 saturated heterocycles. The van der Waals surface area contributed by atoms with Crippen LogP contribution in [0, 0.1) is 0 Å². The third-order valence-corrected chi connectivity index (χ3v) is 5.93. The molecule has 1 amide bonds. The Hall–Kier alpha value is -2.46. The van der Waals surface area contributed by atoms with Crippen LogP contribution in [0.1, 0.15) is 44.9 Å². The van der Waals surface area contributed by atoms with Crippen LogP contribution in [-0.4, -0.2) is 10.9 Å². The fraction of sp³-hybridized carbons (Fsp3) is 0.273. The van der Waals surface area contributed by atoms with Gasteiger partial charge in [-0.25, -0.2) is 4.98 Å². The molecule has 1 N–H and O–H groups in total. The third-order valence-electron chi connectivity index (χ3n) is 4.85. The second-order valence-electron chi connectivity index (χ2n) is 6.69. The molecule has 26 heavy (non-hydrogen) atoms. The summed E-state index contributed by atoms with van der Waals surface area (Å²) in [6.45, 7) is 0. The lowest BCUT2D eigenvalue weighted by Gasteiger charge is -2.09. The second kappa shape index (κ2) is 7.83. The molecule has 1 heterocycles. The fourth-order valence-corrected chi connectivity index (χ4v) is 4.50. The lowest BCUT2D eigenvalue weighted by molar-refractivity contribution is 0.102. The van der Waals surface area contributed by atoms with Gasteiger partial charge in [-0.15, -0.1) is 11.3 Å². The molecule has 4 heteroatoms. The highest BCUT2D eigenvalue weighted by Gasteiger charge is 2.18. The van der Waals surface area contributed by atoms with Crippen LogP contribution in [0.3, 0.4) is 0 Å². The van der Waals surface area contributed by atoms with Gasteiger partial charge in [0.2, 0.25) is 0 Å². The molecule has 0 atom stereocenters. The Kier molecular flexibility index (Phi) is 5.12. The SMILES string of the molecule is O=C(Nc1nc2c(s1)CCCC2)c1ccccc1CCc1ccccc1. The number of anilines is 1. The summed E-state index contributed by atoms with van der Waals surface area (Å²) in [5.74, 6) is -0.0558. The molecule has 0 spiro atoms. The van der Waals surface area contributed by atoms with Crippen LogP contribution in [0.25, 0.3) is 0 Å². The largest absolute Gasteiger partial charge is 0.298 e. The summed E-state index contributed by atoms with van der Waals surface area (Å²) in [7, 11) is 0. The van der Waals surface area contributed by atoms with Crippen LogP contribution in [-0.2, 0) is 25.7 Å². The first-order chi connectivity index (χ1) is 12.8. The number of hydrogen-bond donors (Lipinski definition) is 1. The number of aryl methyl sites for hydroxylation is 4. The lowest BCUT2D eigenvalue weighted by Crippen LogP contribution is -2.14. The predicted octanol–water partition coefficient (Wildman–Crippen LogP) is 5.06. The summed E-state index contributed by atoms with van der Waals surface area (Å²) < 4.78 is 0. The highest BCUT2D eigenvalue weighted by molar-refractivity contribution is 7.15. The molecule has 2 aromatic carbocycles. The summed E-state index contributed by atoms with van der Waals surface area (Å²) in [5, 5.41) is 3.76. The van der Waals surface area contributed by atoms with Crippen molar-refractivity contribution < 1.29 is 4.79 Å². The summed E-state index contributed by atoms with van der Waals surface area (Å²) in [6, 6.07) is 18.3. The van der Waals surface area contributed by atoms with E-state index in [1.807, 2.05) is 30.3 Å². The minimum Gasteiger partial charge on any atom is -0.298 e. The molecule has 0 fully saturated rings. The van der Waals surface area contributed by atoms with Crippen LogP contribution in [0.4, 0.5) is 5.13 Å². The fourth-order valence-electron chi connectivity index (χ4n) is 3.45. The highest BCUT2D eigenvalue weighted by Crippen LogP contribution is 2.30. The second-order valence-corrected chi connectivity index (χ2v) is 7.78. The monoisotopic (exact) mass is 362 g/mol. The zero-order chi connectivity index (χ0) is 17.8. The van der Waals surface area contributed by atoms with E-state index in [1.54, 1.807) is 11.3 Å². The van der Waals surface area contributed by atoms with Crippen molar-refractivity contribution in [3.63, 3.8) is 0 Å². The molecular weight excluding hydrogens is 340 g/mol. The van der Waals surface area contributed by atoms with Crippen molar-refractivity contribution in [2.24, 2.45) is 0 Å². The highest BCUT2D eigenvalue weighted by atomic mass is 32.1. The Balaban J connectivity index is 1.48. The third kappa shape index (κ3) is 3.86. The first-order valence-electron chi connectivity index (χ1n) is 9.21. The normalized spacial score (nSPS) is 13.2. The Labute approximate surface area is 158 Å². The number of nitrogens with zero attached hydrogens (tertiary/aromatic N) is 1. The zero-order valence-corrected chi connectivity index (χ0v) is 15.5. The molecule has 132 valence electrons. The minimum absolute atomic E-state index is 0.0558. The van der Waals surface area contributed by atoms with Crippen LogP contribution in [0.2, 0.25) is 0 Å². The van der Waals surface area contributed by atoms with Gasteiger partial charge in [-0.05, 0) is 55.7 Å². The van der Waals surface area contributed by atoms with Crippen LogP contribution < -0.4 is 5.32 Å². The van der Waals surface area contributed by atoms with E-state index in [4.69, 9.17) is 0 Å². The Morgan fingerprint density at radius 3 is 2.58 bits per heavy atom. The number of thiazole rings is 1. The van der Waals surface area contributed by atoms with Crippen molar-refractivity contribution in [3.05, 3.63) is 81.9 Å². The van der Waals surface area contributed by atoms with Gasteiger partial charge in [-0.1, -0.05) is 48.5 Å². The van der Waals surface area contributed by atoms with Crippen LogP contribution in [0.5, 0.6) is 0 Å². The molecule has 3 aromatic rings. The van der Waals surface area contributed by atoms with Crippen molar-refractivity contribution in [2.45, 2.75) is 38.5 Å². The van der Waals surface area contributed by atoms with Crippen molar-refractivity contribution >= 4 is 22.4 Å². The number of nitrogens with one attached hydrogen (secondary N) is 1. The van der Waals surface area contributed by atoms with E-state index in [9.17, 15) is 4.79 Å². The Morgan fingerprint density at radius 2 is 1.73 bits per heavy atom. The van der Waals surface area contributed by atoms with Gasteiger partial charge in [0.15, 0.2) is 5.13 Å². The van der Waals surface area contributed by atoms with Crippen molar-refractivity contribution in [2.75, 3.05) is 5.32 Å². The molecule has 1 aliphatic rings. The number of carbonyl (C=O) groups is 1. The number of fused-ring (bicyclic) bond motifs is 1. The minimum atomic E-state index is -0.0558. The molecule has 0 radical (unpaired) electrons. The molecule has 1 aliphatic carbocycles. The van der Waals surface area contributed by atoms with Gasteiger partial charge in [0, 0.05) is 10.4 Å². The maximum absolute atomic E-state index is 12.8. The number of aromatic nitrogens is 1. The van der Waals surface area contributed by atoms with Crippen molar-refractivity contribution in [1.29, 1.82) is 0 Å². The summed E-state index contributed by atoms with van der Waals surface area (Å²) >= 11 is 1.63. The first kappa shape index (κ1) is 17.0. The van der Waals surface area contributed by atoms with Gasteiger partial charge in [0.05, 0.1) is 5.69 Å². The van der Waals surface area contributed by atoms with E-state index < -0.39 is 0 Å². The van der Waals surface area contributed by atoms with E-state index in [0.29, 0.717) is 0 Å². The maximum atomic E-state index is 12.8. The van der Waals surface area contributed by atoms with Crippen molar-refractivity contribution in [3.8, 4) is 0 Å². The standard InChI is InChI=1S/C22H22N2OS/c25-21(24-22-23-19-12-6-7-13-20(19)26-22)18-11-5-4-10-17(18)15-14-16-8-2-1-3-9-16/h1-5,8-11H,6-7,12-15H2,(H,23,24,25). The van der Waals surface area contributed by atoms with Gasteiger partial charge >= 0.3 is 0 Å². The van der Waals surface area contributed by atoms with E-state index in [0.717, 1.165) is 41.9 Å². The quantitative estimate of drug-likeness (QED) is 0.689. The van der Waals surface area contributed by atoms with Gasteiger partial charge < -0.3 is 0 Å². The average molecular weight is 362 g/mol. The number of amides is 1. The van der Waals surface area contributed by atoms with Gasteiger partial charge in [-0.2, -0.15) is 0 Å². The summed E-state index contributed by atoms with van der Waals surface area (Å²) in [6.07, 6.45) is 6.34. The lowest BCUT2D eigenvalue weighted by atomic mass is 9.99. The zero-order valence-electron chi connectivity index (χ0n) is 14.7. The molecule has 1 aromatic heterocycles. The summed E-state index contributed by atoms with van der Waals surface area (Å²) in [4.78, 5) is 18.8. The predicted molar refractivity (Wildman–Crippen MR) is 107 cm³/mol. The number of rotatable bonds is 5. The molecule has 4 rings (SSSR count). The molecule has 0 unspecified atom stereocenters. The molecule has 0 aliphatic heterocycles. The van der Waals surface area contributed by atoms with Gasteiger partial charge in [0.1, 0.15) is 0 Å². The van der Waals surface area contributed by atoms with Crippen LogP contribution in [0.15, 0.2) is 54.6 Å². The molecule has 3 nitrogen and oxygen atoms in total. The van der Waals surface area contributed by atoms with E-state index >= 15 is 0 Å². The van der Waals surface area contributed by atoms with E-state index in [2.05, 4.69) is 34.6 Å². The smallest absolute Gasteiger partial charge is 0.257 e. The van der Waals surface area contributed by atoms with Gasteiger partial charge in [0.25, 0.3) is 5.91 Å². The Morgan fingerprint density at radius 1 is 0.962 bits per heavy atom. The number of benzene rings is 2. The molecule has 0 bridgehead atoms. The number of hydrogen-bond acceptors (Lipinski definition) is 3. The summed E-state index contributed by atoms with van der Waals surface area (Å²) in [5.41, 5.74) is 4.29. The van der Waals surface area contributed by atoms with Crippen LogP contribution >= 0.6 is 11.3 Å². The molecular formula is C22H22N2OS. The first-order valence-corrected chi connectivity index (χ1v) is 10.0. The maximum Gasteiger partial charge on any atom is 0.257 e. The topological polar surface area (TPSA) is 42.0 Å². The molecule has 0 saturated carbocycles.